The van der Waals surface area contributed by atoms with Crippen molar-refractivity contribution in [3.05, 3.63) is 29.6 Å². The van der Waals surface area contributed by atoms with E-state index in [2.05, 4.69) is 10.6 Å². The van der Waals surface area contributed by atoms with Gasteiger partial charge in [-0.1, -0.05) is 18.3 Å². The summed E-state index contributed by atoms with van der Waals surface area (Å²) in [6.45, 7) is 1.66. The van der Waals surface area contributed by atoms with Gasteiger partial charge < -0.3 is 16.4 Å². The predicted octanol–water partition coefficient (Wildman–Crippen LogP) is 1.01. The molecule has 4 nitrogen and oxygen atoms in total. The van der Waals surface area contributed by atoms with Crippen LogP contribution < -0.4 is 16.4 Å². The first-order valence-corrected chi connectivity index (χ1v) is 5.44. The summed E-state index contributed by atoms with van der Waals surface area (Å²) in [5.74, 6) is -0.713. The summed E-state index contributed by atoms with van der Waals surface area (Å²) >= 11 is 4.78. The summed E-state index contributed by atoms with van der Waals surface area (Å²) in [5, 5.41) is 5.35. The third kappa shape index (κ3) is 3.13. The lowest BCUT2D eigenvalue weighted by atomic mass is 10.1. The molecule has 1 atom stereocenters. The molecule has 0 bridgehead atoms. The predicted molar refractivity (Wildman–Crippen MR) is 69.4 cm³/mol. The molecule has 0 saturated carbocycles. The van der Waals surface area contributed by atoms with Gasteiger partial charge in [-0.05, 0) is 19.1 Å². The number of hydrogen-bond donors (Lipinski definition) is 3. The van der Waals surface area contributed by atoms with Crippen LogP contribution in [0.15, 0.2) is 18.2 Å². The monoisotopic (exact) mass is 255 g/mol. The Labute approximate surface area is 104 Å². The number of hydrogen-bond acceptors (Lipinski definition) is 3. The first kappa shape index (κ1) is 13.4. The Morgan fingerprint density at radius 2 is 2.18 bits per heavy atom. The molecule has 0 fully saturated rings. The van der Waals surface area contributed by atoms with E-state index < -0.39 is 11.9 Å². The summed E-state index contributed by atoms with van der Waals surface area (Å²) in [4.78, 5) is 11.3. The Balaban J connectivity index is 3.02. The summed E-state index contributed by atoms with van der Waals surface area (Å²) in [6.07, 6.45) is 0. The molecule has 1 aromatic rings. The third-order valence-corrected chi connectivity index (χ3v) is 2.48. The first-order valence-electron chi connectivity index (χ1n) is 5.03. The van der Waals surface area contributed by atoms with E-state index in [9.17, 15) is 9.18 Å². The van der Waals surface area contributed by atoms with Gasteiger partial charge in [0.25, 0.3) is 0 Å². The number of likely N-dealkylation sites (N-methyl/N-ethyl adjacent to an activating group) is 1. The molecule has 17 heavy (non-hydrogen) atoms. The number of carbonyl (C=O) groups excluding carboxylic acids is 1. The van der Waals surface area contributed by atoms with Crippen molar-refractivity contribution >= 4 is 28.8 Å². The lowest BCUT2D eigenvalue weighted by Crippen LogP contribution is -2.35. The molecule has 0 aliphatic carbocycles. The van der Waals surface area contributed by atoms with E-state index in [0.29, 0.717) is 5.69 Å². The van der Waals surface area contributed by atoms with Crippen LogP contribution in [0.25, 0.3) is 0 Å². The molecule has 6 heteroatoms. The molecule has 0 aliphatic rings. The van der Waals surface area contributed by atoms with E-state index in [-0.39, 0.29) is 16.5 Å². The molecule has 0 aromatic heterocycles. The summed E-state index contributed by atoms with van der Waals surface area (Å²) in [6, 6.07) is 3.91. The van der Waals surface area contributed by atoms with Crippen LogP contribution in [0.1, 0.15) is 12.5 Å². The van der Waals surface area contributed by atoms with Crippen molar-refractivity contribution in [3.63, 3.8) is 0 Å². The Morgan fingerprint density at radius 1 is 1.53 bits per heavy atom. The van der Waals surface area contributed by atoms with E-state index in [1.807, 2.05) is 0 Å². The molecular weight excluding hydrogens is 241 g/mol. The van der Waals surface area contributed by atoms with E-state index in [1.54, 1.807) is 13.0 Å². The second kappa shape index (κ2) is 5.58. The number of carbonyl (C=O) groups is 1. The third-order valence-electron chi connectivity index (χ3n) is 2.27. The van der Waals surface area contributed by atoms with Crippen molar-refractivity contribution in [2.75, 3.05) is 12.4 Å². The van der Waals surface area contributed by atoms with E-state index in [1.165, 1.54) is 19.2 Å². The zero-order chi connectivity index (χ0) is 13.0. The molecule has 0 saturated heterocycles. The van der Waals surface area contributed by atoms with Gasteiger partial charge in [0.1, 0.15) is 16.8 Å². The van der Waals surface area contributed by atoms with Crippen LogP contribution in [0, 0.1) is 5.82 Å². The van der Waals surface area contributed by atoms with E-state index in [0.717, 1.165) is 0 Å². The Morgan fingerprint density at radius 3 is 2.71 bits per heavy atom. The average molecular weight is 255 g/mol. The minimum Gasteiger partial charge on any atom is -0.389 e. The molecule has 0 heterocycles. The van der Waals surface area contributed by atoms with Crippen molar-refractivity contribution < 1.29 is 9.18 Å². The second-order valence-corrected chi connectivity index (χ2v) is 3.95. The molecule has 1 rings (SSSR count). The summed E-state index contributed by atoms with van der Waals surface area (Å²) in [5.41, 5.74) is 5.98. The van der Waals surface area contributed by atoms with Gasteiger partial charge in [-0.15, -0.1) is 0 Å². The fourth-order valence-electron chi connectivity index (χ4n) is 1.41. The van der Waals surface area contributed by atoms with Crippen LogP contribution in [0.2, 0.25) is 0 Å². The van der Waals surface area contributed by atoms with Crippen molar-refractivity contribution in [3.8, 4) is 0 Å². The first-order chi connectivity index (χ1) is 7.97. The second-order valence-electron chi connectivity index (χ2n) is 3.51. The molecule has 0 radical (unpaired) electrons. The summed E-state index contributed by atoms with van der Waals surface area (Å²) in [7, 11) is 1.53. The van der Waals surface area contributed by atoms with Crippen molar-refractivity contribution in [1.29, 1.82) is 0 Å². The zero-order valence-electron chi connectivity index (χ0n) is 9.58. The maximum atomic E-state index is 13.5. The van der Waals surface area contributed by atoms with E-state index >= 15 is 0 Å². The topological polar surface area (TPSA) is 67.2 Å². The molecule has 92 valence electrons. The Hall–Kier alpha value is -1.69. The van der Waals surface area contributed by atoms with Crippen LogP contribution in [-0.4, -0.2) is 24.0 Å². The van der Waals surface area contributed by atoms with Gasteiger partial charge in [-0.25, -0.2) is 4.39 Å². The lowest BCUT2D eigenvalue weighted by molar-refractivity contribution is -0.121. The molecule has 0 spiro atoms. The number of nitrogens with one attached hydrogen (secondary N) is 2. The van der Waals surface area contributed by atoms with Gasteiger partial charge in [-0.2, -0.15) is 0 Å². The van der Waals surface area contributed by atoms with Crippen LogP contribution in [0.4, 0.5) is 10.1 Å². The average Bonchev–Trinajstić information content (AvgIpc) is 2.27. The van der Waals surface area contributed by atoms with Gasteiger partial charge in [-0.3, -0.25) is 4.79 Å². The molecule has 1 aromatic carbocycles. The van der Waals surface area contributed by atoms with Crippen LogP contribution in [0.5, 0.6) is 0 Å². The van der Waals surface area contributed by atoms with Gasteiger partial charge >= 0.3 is 0 Å². The number of anilines is 1. The highest BCUT2D eigenvalue weighted by Crippen LogP contribution is 2.19. The SMILES string of the molecule is CNC(=O)C(C)Nc1cccc(F)c1C(N)=S. The van der Waals surface area contributed by atoms with Crippen molar-refractivity contribution in [2.45, 2.75) is 13.0 Å². The van der Waals surface area contributed by atoms with Gasteiger partial charge in [0.15, 0.2) is 0 Å². The minimum atomic E-state index is -0.508. The minimum absolute atomic E-state index is 0.0466. The normalized spacial score (nSPS) is 11.7. The fourth-order valence-corrected chi connectivity index (χ4v) is 1.62. The van der Waals surface area contributed by atoms with Crippen molar-refractivity contribution in [1.82, 2.24) is 5.32 Å². The highest BCUT2D eigenvalue weighted by molar-refractivity contribution is 7.80. The number of rotatable bonds is 4. The lowest BCUT2D eigenvalue weighted by Gasteiger charge is -2.16. The largest absolute Gasteiger partial charge is 0.389 e. The quantitative estimate of drug-likeness (QED) is 0.702. The van der Waals surface area contributed by atoms with Gasteiger partial charge in [0.2, 0.25) is 5.91 Å². The molecule has 4 N–H and O–H groups in total. The fraction of sp³-hybridized carbons (Fsp3) is 0.273. The van der Waals surface area contributed by atoms with Crippen LogP contribution in [0.3, 0.4) is 0 Å². The number of nitrogens with two attached hydrogens (primary N) is 1. The van der Waals surface area contributed by atoms with Crippen LogP contribution >= 0.6 is 12.2 Å². The molecule has 1 unspecified atom stereocenters. The van der Waals surface area contributed by atoms with Gasteiger partial charge in [0, 0.05) is 12.7 Å². The number of benzene rings is 1. The Bertz CT molecular complexity index is 450. The zero-order valence-corrected chi connectivity index (χ0v) is 10.4. The van der Waals surface area contributed by atoms with Gasteiger partial charge in [0.05, 0.1) is 5.56 Å². The van der Waals surface area contributed by atoms with Crippen LogP contribution in [-0.2, 0) is 4.79 Å². The standard InChI is InChI=1S/C11H14FN3OS/c1-6(11(16)14-2)15-8-5-3-4-7(12)9(8)10(13)17/h3-6,15H,1-2H3,(H2,13,17)(H,14,16). The maximum Gasteiger partial charge on any atom is 0.241 e. The molecular formula is C11H14FN3OS. The smallest absolute Gasteiger partial charge is 0.241 e. The van der Waals surface area contributed by atoms with E-state index in [4.69, 9.17) is 18.0 Å². The maximum absolute atomic E-state index is 13.5. The molecule has 0 aliphatic heterocycles. The highest BCUT2D eigenvalue weighted by atomic mass is 32.1. The number of halogens is 1. The highest BCUT2D eigenvalue weighted by Gasteiger charge is 2.15. The molecule has 1 amide bonds. The number of amides is 1. The Kier molecular flexibility index (Phi) is 4.39. The van der Waals surface area contributed by atoms with Crippen molar-refractivity contribution in [2.24, 2.45) is 5.73 Å². The number of thiocarbonyl (C=S) groups is 1. The summed E-state index contributed by atoms with van der Waals surface area (Å²) < 4.78 is 13.5.